The molecule has 1 N–H and O–H groups in total. The zero-order valence-electron chi connectivity index (χ0n) is 14.6. The van der Waals surface area contributed by atoms with Crippen LogP contribution in [-0.2, 0) is 6.42 Å². The summed E-state index contributed by atoms with van der Waals surface area (Å²) in [4.78, 5) is 26.2. The smallest absolute Gasteiger partial charge is 0.269 e. The Morgan fingerprint density at radius 3 is 2.73 bits per heavy atom. The summed E-state index contributed by atoms with van der Waals surface area (Å²) in [6.45, 7) is 5.71. The zero-order valence-corrected chi connectivity index (χ0v) is 17.0. The molecule has 2 atom stereocenters. The van der Waals surface area contributed by atoms with E-state index >= 15 is 0 Å². The van der Waals surface area contributed by atoms with E-state index in [9.17, 15) is 14.9 Å². The van der Waals surface area contributed by atoms with Gasteiger partial charge < -0.3 is 5.32 Å². The summed E-state index contributed by atoms with van der Waals surface area (Å²) in [6, 6.07) is 8.60. The van der Waals surface area contributed by atoms with Gasteiger partial charge >= 0.3 is 0 Å². The molecule has 0 saturated carbocycles. The number of nitro benzene ring substituents is 1. The molecule has 1 aromatic heterocycles. The summed E-state index contributed by atoms with van der Waals surface area (Å²) >= 11 is 5.35. The minimum Gasteiger partial charge on any atom is -0.351 e. The number of rotatable bonds is 5. The molecule has 1 amide bonds. The molecule has 6 nitrogen and oxygen atoms in total. The predicted molar refractivity (Wildman–Crippen MR) is 106 cm³/mol. The molecular weight excluding hydrogens is 418 g/mol. The quantitative estimate of drug-likeness (QED) is 0.562. The molecule has 2 unspecified atom stereocenters. The number of nitrogens with one attached hydrogen (secondary N) is 1. The minimum atomic E-state index is -0.474. The lowest BCUT2D eigenvalue weighted by molar-refractivity contribution is -0.384. The fraction of sp³-hybridized carbons (Fsp3) is 0.389. The number of nitrogens with zero attached hydrogens (tertiary/aromatic N) is 2. The lowest BCUT2D eigenvalue weighted by Crippen LogP contribution is -2.44. The average molecular weight is 438 g/mol. The maximum absolute atomic E-state index is 12.2. The molecule has 3 rings (SSSR count). The highest BCUT2D eigenvalue weighted by Gasteiger charge is 2.30. The van der Waals surface area contributed by atoms with Crippen molar-refractivity contribution in [2.75, 3.05) is 13.1 Å². The van der Waals surface area contributed by atoms with Gasteiger partial charge in [-0.3, -0.25) is 19.8 Å². The Hall–Kier alpha value is -1.77. The lowest BCUT2D eigenvalue weighted by Gasteiger charge is -2.38. The van der Waals surface area contributed by atoms with E-state index in [4.69, 9.17) is 0 Å². The van der Waals surface area contributed by atoms with Gasteiger partial charge in [0, 0.05) is 47.7 Å². The molecule has 0 fully saturated rings. The number of nitro groups is 1. The van der Waals surface area contributed by atoms with E-state index in [1.54, 1.807) is 11.3 Å². The molecule has 2 heterocycles. The monoisotopic (exact) mass is 437 g/mol. The van der Waals surface area contributed by atoms with Crippen LogP contribution in [0, 0.1) is 10.1 Å². The second kappa shape index (κ2) is 7.85. The van der Waals surface area contributed by atoms with Crippen LogP contribution in [0.25, 0.3) is 0 Å². The molecular formula is C18H20BrN3O3S. The van der Waals surface area contributed by atoms with E-state index in [0.717, 1.165) is 16.8 Å². The number of amides is 1. The van der Waals surface area contributed by atoms with Crippen LogP contribution >= 0.6 is 27.3 Å². The molecule has 138 valence electrons. The Morgan fingerprint density at radius 2 is 2.08 bits per heavy atom. The standard InChI is InChI=1S/C18H20BrN3O3S/c1-11-9-14-10-16(19)26-17(14)12(2)21(11)8-7-20-18(23)13-3-5-15(6-4-13)22(24)25/h3-6,10-12H,7-9H2,1-2H3,(H,20,23). The number of benzene rings is 1. The zero-order chi connectivity index (χ0) is 18.8. The van der Waals surface area contributed by atoms with Crippen LogP contribution < -0.4 is 5.32 Å². The van der Waals surface area contributed by atoms with Gasteiger partial charge in [-0.25, -0.2) is 0 Å². The predicted octanol–water partition coefficient (Wildman–Crippen LogP) is 4.16. The van der Waals surface area contributed by atoms with Crippen LogP contribution in [0.15, 0.2) is 34.1 Å². The van der Waals surface area contributed by atoms with Crippen LogP contribution in [0.3, 0.4) is 0 Å². The largest absolute Gasteiger partial charge is 0.351 e. The Bertz CT molecular complexity index is 822. The fourth-order valence-electron chi connectivity index (χ4n) is 3.44. The Balaban J connectivity index is 1.57. The number of halogens is 1. The van der Waals surface area contributed by atoms with Crippen molar-refractivity contribution in [2.45, 2.75) is 32.4 Å². The molecule has 0 radical (unpaired) electrons. The summed E-state index contributed by atoms with van der Waals surface area (Å²) < 4.78 is 1.16. The Kier molecular flexibility index (Phi) is 5.74. The van der Waals surface area contributed by atoms with Crippen LogP contribution in [0.1, 0.15) is 40.7 Å². The van der Waals surface area contributed by atoms with Gasteiger partial charge in [0.15, 0.2) is 0 Å². The maximum Gasteiger partial charge on any atom is 0.269 e. The number of carbonyl (C=O) groups excluding carboxylic acids is 1. The van der Waals surface area contributed by atoms with Crippen molar-refractivity contribution in [3.05, 3.63) is 60.2 Å². The summed E-state index contributed by atoms with van der Waals surface area (Å²) in [5.74, 6) is -0.211. The Labute approximate surface area is 164 Å². The summed E-state index contributed by atoms with van der Waals surface area (Å²) in [5.41, 5.74) is 1.82. The van der Waals surface area contributed by atoms with Gasteiger partial charge in [-0.2, -0.15) is 0 Å². The molecule has 0 aliphatic carbocycles. The molecule has 2 aromatic rings. The third-order valence-corrected chi connectivity index (χ3v) is 6.62. The molecule has 0 saturated heterocycles. The highest BCUT2D eigenvalue weighted by atomic mass is 79.9. The number of hydrogen-bond acceptors (Lipinski definition) is 5. The van der Waals surface area contributed by atoms with Gasteiger partial charge in [0.05, 0.1) is 8.71 Å². The van der Waals surface area contributed by atoms with Crippen LogP contribution in [-0.4, -0.2) is 34.9 Å². The van der Waals surface area contributed by atoms with E-state index in [1.807, 2.05) is 0 Å². The number of thiophene rings is 1. The number of carbonyl (C=O) groups is 1. The van der Waals surface area contributed by atoms with Gasteiger partial charge in [0.2, 0.25) is 0 Å². The van der Waals surface area contributed by atoms with Crippen LogP contribution in [0.4, 0.5) is 5.69 Å². The molecule has 26 heavy (non-hydrogen) atoms. The van der Waals surface area contributed by atoms with Crippen molar-refractivity contribution in [2.24, 2.45) is 0 Å². The van der Waals surface area contributed by atoms with E-state index in [1.165, 1.54) is 34.7 Å². The summed E-state index contributed by atoms with van der Waals surface area (Å²) in [7, 11) is 0. The van der Waals surface area contributed by atoms with Gasteiger partial charge in [-0.1, -0.05) is 0 Å². The Morgan fingerprint density at radius 1 is 1.38 bits per heavy atom. The van der Waals surface area contributed by atoms with Crippen molar-refractivity contribution >= 4 is 38.9 Å². The number of hydrogen-bond donors (Lipinski definition) is 1. The first-order chi connectivity index (χ1) is 12.4. The van der Waals surface area contributed by atoms with Crippen molar-refractivity contribution in [1.29, 1.82) is 0 Å². The van der Waals surface area contributed by atoms with Crippen molar-refractivity contribution in [1.82, 2.24) is 10.2 Å². The van der Waals surface area contributed by atoms with Crippen LogP contribution in [0.5, 0.6) is 0 Å². The average Bonchev–Trinajstić information content (AvgIpc) is 2.98. The third-order valence-electron chi connectivity index (χ3n) is 4.77. The summed E-state index contributed by atoms with van der Waals surface area (Å²) in [6.07, 6.45) is 1.01. The molecule has 0 bridgehead atoms. The number of fused-ring (bicyclic) bond motifs is 1. The topological polar surface area (TPSA) is 75.5 Å². The normalized spacial score (nSPS) is 19.8. The lowest BCUT2D eigenvalue weighted by atomic mass is 9.97. The number of non-ortho nitro benzene ring substituents is 1. The third kappa shape index (κ3) is 3.97. The second-order valence-electron chi connectivity index (χ2n) is 6.47. The summed E-state index contributed by atoms with van der Waals surface area (Å²) in [5, 5.41) is 13.6. The van der Waals surface area contributed by atoms with E-state index in [2.05, 4.69) is 46.1 Å². The second-order valence-corrected chi connectivity index (χ2v) is 8.93. The van der Waals surface area contributed by atoms with Crippen molar-refractivity contribution in [3.63, 3.8) is 0 Å². The van der Waals surface area contributed by atoms with Crippen molar-refractivity contribution in [3.8, 4) is 0 Å². The van der Waals surface area contributed by atoms with E-state index in [0.29, 0.717) is 24.2 Å². The van der Waals surface area contributed by atoms with Crippen molar-refractivity contribution < 1.29 is 9.72 Å². The molecule has 1 aromatic carbocycles. The van der Waals surface area contributed by atoms with Gasteiger partial charge in [-0.05, 0) is 60.0 Å². The molecule has 1 aliphatic rings. The first-order valence-electron chi connectivity index (χ1n) is 8.43. The molecule has 1 aliphatic heterocycles. The first kappa shape index (κ1) is 19.0. The molecule has 8 heteroatoms. The SMILES string of the molecule is CC1Cc2cc(Br)sc2C(C)N1CCNC(=O)c1ccc([N+](=O)[O-])cc1. The van der Waals surface area contributed by atoms with Gasteiger partial charge in [0.1, 0.15) is 0 Å². The first-order valence-corrected chi connectivity index (χ1v) is 10.0. The van der Waals surface area contributed by atoms with E-state index < -0.39 is 4.92 Å². The van der Waals surface area contributed by atoms with Crippen LogP contribution in [0.2, 0.25) is 0 Å². The maximum atomic E-state index is 12.2. The highest BCUT2D eigenvalue weighted by Crippen LogP contribution is 2.39. The van der Waals surface area contributed by atoms with E-state index in [-0.39, 0.29) is 11.6 Å². The minimum absolute atomic E-state index is 0.0181. The van der Waals surface area contributed by atoms with Gasteiger partial charge in [-0.15, -0.1) is 11.3 Å². The fourth-order valence-corrected chi connectivity index (χ4v) is 5.23. The van der Waals surface area contributed by atoms with Gasteiger partial charge in [0.25, 0.3) is 11.6 Å². The highest BCUT2D eigenvalue weighted by molar-refractivity contribution is 9.11. The molecule has 0 spiro atoms.